The van der Waals surface area contributed by atoms with Gasteiger partial charge in [0.1, 0.15) is 6.54 Å². The van der Waals surface area contributed by atoms with Crippen LogP contribution in [0.5, 0.6) is 0 Å². The molecule has 0 aliphatic carbocycles. The van der Waals surface area contributed by atoms with Crippen molar-refractivity contribution in [3.63, 3.8) is 0 Å². The molecule has 9 nitrogen and oxygen atoms in total. The van der Waals surface area contributed by atoms with Crippen LogP contribution < -0.4 is 10.9 Å². The van der Waals surface area contributed by atoms with Crippen LogP contribution in [-0.2, 0) is 25.6 Å². The molecule has 0 unspecified atom stereocenters. The van der Waals surface area contributed by atoms with Crippen LogP contribution in [-0.4, -0.2) is 42.0 Å². The lowest BCUT2D eigenvalue weighted by molar-refractivity contribution is -0.149. The zero-order valence-corrected chi connectivity index (χ0v) is 16.1. The molecule has 9 heteroatoms. The maximum Gasteiger partial charge on any atom is 0.340 e. The van der Waals surface area contributed by atoms with Gasteiger partial charge in [0.05, 0.1) is 12.7 Å². The fraction of sp³-hybridized carbons (Fsp3) is 0.143. The minimum Gasteiger partial charge on any atom is -0.465 e. The van der Waals surface area contributed by atoms with Crippen molar-refractivity contribution in [2.24, 2.45) is 0 Å². The Morgan fingerprint density at radius 1 is 0.933 bits per heavy atom. The molecule has 2 amide bonds. The molecule has 30 heavy (non-hydrogen) atoms. The number of hydrogen-bond acceptors (Lipinski definition) is 6. The number of para-hydroxylation sites is 1. The highest BCUT2D eigenvalue weighted by molar-refractivity contribution is 6.04. The Balaban J connectivity index is 1.54. The van der Waals surface area contributed by atoms with E-state index in [0.29, 0.717) is 22.0 Å². The number of carbonyl (C=O) groups excluding carboxylic acids is 4. The molecule has 1 aromatic heterocycles. The minimum absolute atomic E-state index is 0.207. The van der Waals surface area contributed by atoms with Crippen molar-refractivity contribution in [3.8, 4) is 0 Å². The molecule has 2 N–H and O–H groups in total. The number of ether oxygens (including phenoxy) is 2. The number of rotatable bonds is 6. The van der Waals surface area contributed by atoms with Crippen LogP contribution in [0.3, 0.4) is 0 Å². The molecule has 3 rings (SSSR count). The zero-order chi connectivity index (χ0) is 21.5. The second-order valence-electron chi connectivity index (χ2n) is 6.21. The van der Waals surface area contributed by atoms with E-state index in [1.165, 1.54) is 13.3 Å². The van der Waals surface area contributed by atoms with Gasteiger partial charge in [0.25, 0.3) is 11.8 Å². The van der Waals surface area contributed by atoms with Gasteiger partial charge in [-0.2, -0.15) is 0 Å². The van der Waals surface area contributed by atoms with Crippen molar-refractivity contribution >= 4 is 34.7 Å². The lowest BCUT2D eigenvalue weighted by atomic mass is 10.2. The van der Waals surface area contributed by atoms with Gasteiger partial charge in [-0.15, -0.1) is 0 Å². The minimum atomic E-state index is -0.694. The smallest absolute Gasteiger partial charge is 0.340 e. The molecule has 0 bridgehead atoms. The molecule has 0 aliphatic rings. The van der Waals surface area contributed by atoms with Gasteiger partial charge in [0, 0.05) is 22.7 Å². The SMILES string of the molecule is COC(=O)c1cn(CC(=O)OCC(=O)NNC(=O)c2ccccc2)c2ccccc12. The molecule has 0 saturated heterocycles. The number of carbonyl (C=O) groups is 4. The zero-order valence-electron chi connectivity index (χ0n) is 16.1. The van der Waals surface area contributed by atoms with Crippen molar-refractivity contribution in [2.45, 2.75) is 6.54 Å². The van der Waals surface area contributed by atoms with Crippen LogP contribution in [0, 0.1) is 0 Å². The molecule has 0 fully saturated rings. The predicted molar refractivity (Wildman–Crippen MR) is 106 cm³/mol. The molecule has 0 saturated carbocycles. The van der Waals surface area contributed by atoms with Gasteiger partial charge >= 0.3 is 11.9 Å². The van der Waals surface area contributed by atoms with Gasteiger partial charge in [-0.05, 0) is 18.2 Å². The summed E-state index contributed by atoms with van der Waals surface area (Å²) in [6, 6.07) is 15.4. The highest BCUT2D eigenvalue weighted by atomic mass is 16.5. The Labute approximate surface area is 171 Å². The van der Waals surface area contributed by atoms with Crippen LogP contribution in [0.2, 0.25) is 0 Å². The largest absolute Gasteiger partial charge is 0.465 e. The van der Waals surface area contributed by atoms with E-state index in [0.717, 1.165) is 0 Å². The number of hydrazine groups is 1. The summed E-state index contributed by atoms with van der Waals surface area (Å²) in [5, 5.41) is 0.638. The summed E-state index contributed by atoms with van der Waals surface area (Å²) in [7, 11) is 1.28. The topological polar surface area (TPSA) is 116 Å². The fourth-order valence-corrected chi connectivity index (χ4v) is 2.81. The van der Waals surface area contributed by atoms with Gasteiger partial charge in [0.15, 0.2) is 6.61 Å². The van der Waals surface area contributed by atoms with Crippen molar-refractivity contribution in [2.75, 3.05) is 13.7 Å². The second-order valence-corrected chi connectivity index (χ2v) is 6.21. The predicted octanol–water partition coefficient (Wildman–Crippen LogP) is 1.43. The van der Waals surface area contributed by atoms with E-state index in [-0.39, 0.29) is 6.54 Å². The first-order chi connectivity index (χ1) is 14.5. The third kappa shape index (κ3) is 4.82. The first-order valence-electron chi connectivity index (χ1n) is 8.95. The summed E-state index contributed by atoms with van der Waals surface area (Å²) in [5.74, 6) is -2.40. The summed E-state index contributed by atoms with van der Waals surface area (Å²) in [6.07, 6.45) is 1.50. The summed E-state index contributed by atoms with van der Waals surface area (Å²) in [5.41, 5.74) is 5.75. The Hall–Kier alpha value is -4.14. The maximum absolute atomic E-state index is 12.1. The van der Waals surface area contributed by atoms with Crippen LogP contribution in [0.4, 0.5) is 0 Å². The number of methoxy groups -OCH3 is 1. The molecule has 3 aromatic rings. The first kappa shape index (κ1) is 20.6. The van der Waals surface area contributed by atoms with E-state index in [1.807, 2.05) is 0 Å². The standard InChI is InChI=1S/C21H19N3O6/c1-29-21(28)16-11-24(17-10-6-5-9-15(16)17)12-19(26)30-13-18(25)22-23-20(27)14-7-3-2-4-8-14/h2-11H,12-13H2,1H3,(H,22,25)(H,23,27). The third-order valence-corrected chi connectivity index (χ3v) is 4.21. The monoisotopic (exact) mass is 409 g/mol. The summed E-state index contributed by atoms with van der Waals surface area (Å²) < 4.78 is 11.3. The maximum atomic E-state index is 12.1. The van der Waals surface area contributed by atoms with E-state index in [1.54, 1.807) is 59.2 Å². The summed E-state index contributed by atoms with van der Waals surface area (Å²) in [6.45, 7) is -0.780. The van der Waals surface area contributed by atoms with E-state index >= 15 is 0 Å². The van der Waals surface area contributed by atoms with Gasteiger partial charge < -0.3 is 14.0 Å². The Bertz CT molecular complexity index is 1090. The number of benzene rings is 2. The summed E-state index contributed by atoms with van der Waals surface area (Å²) in [4.78, 5) is 47.7. The highest BCUT2D eigenvalue weighted by Gasteiger charge is 2.17. The molecular formula is C21H19N3O6. The van der Waals surface area contributed by atoms with Crippen molar-refractivity contribution in [1.29, 1.82) is 0 Å². The van der Waals surface area contributed by atoms with Gasteiger partial charge in [-0.3, -0.25) is 25.2 Å². The van der Waals surface area contributed by atoms with E-state index < -0.39 is 30.4 Å². The highest BCUT2D eigenvalue weighted by Crippen LogP contribution is 2.22. The average Bonchev–Trinajstić information content (AvgIpc) is 3.14. The van der Waals surface area contributed by atoms with E-state index in [4.69, 9.17) is 9.47 Å². The lowest BCUT2D eigenvalue weighted by Crippen LogP contribution is -2.43. The van der Waals surface area contributed by atoms with Crippen molar-refractivity contribution < 1.29 is 28.7 Å². The molecule has 0 atom stereocenters. The molecule has 154 valence electrons. The van der Waals surface area contributed by atoms with Crippen molar-refractivity contribution in [3.05, 3.63) is 71.9 Å². The van der Waals surface area contributed by atoms with Gasteiger partial charge in [-0.1, -0.05) is 36.4 Å². The number of amides is 2. The average molecular weight is 409 g/mol. The van der Waals surface area contributed by atoms with Crippen LogP contribution >= 0.6 is 0 Å². The number of fused-ring (bicyclic) bond motifs is 1. The number of esters is 2. The number of hydrogen-bond donors (Lipinski definition) is 2. The lowest BCUT2D eigenvalue weighted by Gasteiger charge is -2.09. The molecule has 0 spiro atoms. The Morgan fingerprint density at radius 2 is 1.63 bits per heavy atom. The number of nitrogens with one attached hydrogen (secondary N) is 2. The van der Waals surface area contributed by atoms with Gasteiger partial charge in [-0.25, -0.2) is 4.79 Å². The number of aromatic nitrogens is 1. The Morgan fingerprint density at radius 3 is 2.37 bits per heavy atom. The molecular weight excluding hydrogens is 390 g/mol. The molecule has 2 aromatic carbocycles. The molecule has 0 aliphatic heterocycles. The molecule has 1 heterocycles. The quantitative estimate of drug-likeness (QED) is 0.470. The van der Waals surface area contributed by atoms with Crippen molar-refractivity contribution in [1.82, 2.24) is 15.4 Å². The summed E-state index contributed by atoms with van der Waals surface area (Å²) >= 11 is 0. The molecule has 0 radical (unpaired) electrons. The fourth-order valence-electron chi connectivity index (χ4n) is 2.81. The normalized spacial score (nSPS) is 10.3. The Kier molecular flexibility index (Phi) is 6.43. The van der Waals surface area contributed by atoms with Crippen LogP contribution in [0.1, 0.15) is 20.7 Å². The van der Waals surface area contributed by atoms with E-state index in [9.17, 15) is 19.2 Å². The number of nitrogens with zero attached hydrogens (tertiary/aromatic N) is 1. The van der Waals surface area contributed by atoms with Crippen LogP contribution in [0.15, 0.2) is 60.8 Å². The van der Waals surface area contributed by atoms with E-state index in [2.05, 4.69) is 10.9 Å². The first-order valence-corrected chi connectivity index (χ1v) is 8.95. The second kappa shape index (κ2) is 9.37. The van der Waals surface area contributed by atoms with Gasteiger partial charge in [0.2, 0.25) is 0 Å². The van der Waals surface area contributed by atoms with Crippen LogP contribution in [0.25, 0.3) is 10.9 Å². The third-order valence-electron chi connectivity index (χ3n) is 4.21.